The molecule has 2 N–H and O–H groups in total. The lowest BCUT2D eigenvalue weighted by Gasteiger charge is -2.06. The Morgan fingerprint density at radius 2 is 2.05 bits per heavy atom. The maximum Gasteiger partial charge on any atom is 0.243 e. The summed E-state index contributed by atoms with van der Waals surface area (Å²) in [6.45, 7) is 1.96. The molecule has 1 aromatic heterocycles. The van der Waals surface area contributed by atoms with E-state index in [9.17, 15) is 0 Å². The lowest BCUT2D eigenvalue weighted by molar-refractivity contribution is 0.116. The molecule has 0 bridgehead atoms. The van der Waals surface area contributed by atoms with Crippen molar-refractivity contribution in [2.24, 2.45) is 5.73 Å². The van der Waals surface area contributed by atoms with Crippen molar-refractivity contribution < 1.29 is 9.26 Å². The Morgan fingerprint density at radius 1 is 1.30 bits per heavy atom. The molecule has 0 radical (unpaired) electrons. The van der Waals surface area contributed by atoms with Gasteiger partial charge in [0.25, 0.3) is 0 Å². The summed E-state index contributed by atoms with van der Waals surface area (Å²) in [4.78, 5) is 4.33. The third kappa shape index (κ3) is 4.15. The van der Waals surface area contributed by atoms with E-state index >= 15 is 0 Å². The summed E-state index contributed by atoms with van der Waals surface area (Å²) < 4.78 is 10.4. The molecule has 108 valence electrons. The van der Waals surface area contributed by atoms with Crippen LogP contribution in [-0.4, -0.2) is 23.4 Å². The molecule has 0 fully saturated rings. The SMILES string of the molecule is COC(C)Cc1noc(C(N)CCc2ccccc2)n1. The molecule has 0 aliphatic rings. The molecular formula is C15H21N3O2. The predicted molar refractivity (Wildman–Crippen MR) is 76.2 cm³/mol. The smallest absolute Gasteiger partial charge is 0.243 e. The Labute approximate surface area is 119 Å². The van der Waals surface area contributed by atoms with E-state index in [4.69, 9.17) is 15.0 Å². The van der Waals surface area contributed by atoms with Crippen molar-refractivity contribution in [3.8, 4) is 0 Å². The Balaban J connectivity index is 1.88. The van der Waals surface area contributed by atoms with Gasteiger partial charge in [0.1, 0.15) is 0 Å². The minimum absolute atomic E-state index is 0.0704. The van der Waals surface area contributed by atoms with E-state index in [0.29, 0.717) is 18.1 Å². The van der Waals surface area contributed by atoms with Gasteiger partial charge in [-0.05, 0) is 25.3 Å². The highest BCUT2D eigenvalue weighted by molar-refractivity contribution is 5.15. The molecule has 0 saturated carbocycles. The van der Waals surface area contributed by atoms with Crippen LogP contribution in [-0.2, 0) is 17.6 Å². The fourth-order valence-electron chi connectivity index (χ4n) is 1.93. The van der Waals surface area contributed by atoms with Gasteiger partial charge in [0.15, 0.2) is 5.82 Å². The normalized spacial score (nSPS) is 14.2. The van der Waals surface area contributed by atoms with Gasteiger partial charge in [-0.2, -0.15) is 4.98 Å². The van der Waals surface area contributed by atoms with Crippen molar-refractivity contribution in [3.63, 3.8) is 0 Å². The van der Waals surface area contributed by atoms with Gasteiger partial charge >= 0.3 is 0 Å². The van der Waals surface area contributed by atoms with Gasteiger partial charge < -0.3 is 15.0 Å². The fourth-order valence-corrected chi connectivity index (χ4v) is 1.93. The summed E-state index contributed by atoms with van der Waals surface area (Å²) >= 11 is 0. The standard InChI is InChI=1S/C15H21N3O2/c1-11(19-2)10-14-17-15(20-18-14)13(16)9-8-12-6-4-3-5-7-12/h3-7,11,13H,8-10,16H2,1-2H3. The number of methoxy groups -OCH3 is 1. The van der Waals surface area contributed by atoms with E-state index in [1.54, 1.807) is 7.11 Å². The molecule has 1 heterocycles. The van der Waals surface area contributed by atoms with Crippen LogP contribution in [0.5, 0.6) is 0 Å². The molecule has 5 nitrogen and oxygen atoms in total. The molecular weight excluding hydrogens is 254 g/mol. The van der Waals surface area contributed by atoms with Gasteiger partial charge in [-0.3, -0.25) is 0 Å². The number of hydrogen-bond donors (Lipinski definition) is 1. The molecule has 0 aliphatic heterocycles. The summed E-state index contributed by atoms with van der Waals surface area (Å²) in [7, 11) is 1.66. The zero-order valence-corrected chi connectivity index (χ0v) is 12.0. The minimum atomic E-state index is -0.227. The topological polar surface area (TPSA) is 74.2 Å². The minimum Gasteiger partial charge on any atom is -0.381 e. The number of nitrogens with two attached hydrogens (primary N) is 1. The average Bonchev–Trinajstić information content (AvgIpc) is 2.94. The van der Waals surface area contributed by atoms with Crippen LogP contribution in [0.3, 0.4) is 0 Å². The predicted octanol–water partition coefficient (Wildman–Crippen LogP) is 2.28. The van der Waals surface area contributed by atoms with Crippen LogP contribution >= 0.6 is 0 Å². The number of aryl methyl sites for hydroxylation is 1. The van der Waals surface area contributed by atoms with Gasteiger partial charge in [-0.1, -0.05) is 35.5 Å². The maximum absolute atomic E-state index is 6.09. The largest absolute Gasteiger partial charge is 0.381 e. The molecule has 2 atom stereocenters. The first kappa shape index (κ1) is 14.7. The Bertz CT molecular complexity index is 513. The molecule has 1 aromatic carbocycles. The lowest BCUT2D eigenvalue weighted by Crippen LogP contribution is -2.13. The van der Waals surface area contributed by atoms with Crippen molar-refractivity contribution in [2.45, 2.75) is 38.3 Å². The van der Waals surface area contributed by atoms with Crippen molar-refractivity contribution in [3.05, 3.63) is 47.6 Å². The quantitative estimate of drug-likeness (QED) is 0.839. The highest BCUT2D eigenvalue weighted by Gasteiger charge is 2.16. The number of benzene rings is 1. The molecule has 20 heavy (non-hydrogen) atoms. The van der Waals surface area contributed by atoms with Gasteiger partial charge in [0.2, 0.25) is 5.89 Å². The highest BCUT2D eigenvalue weighted by atomic mass is 16.5. The maximum atomic E-state index is 6.09. The first-order valence-electron chi connectivity index (χ1n) is 6.84. The van der Waals surface area contributed by atoms with Crippen LogP contribution in [0.15, 0.2) is 34.9 Å². The second-order valence-electron chi connectivity index (χ2n) is 4.93. The van der Waals surface area contributed by atoms with E-state index < -0.39 is 0 Å². The first-order chi connectivity index (χ1) is 9.69. The highest BCUT2D eigenvalue weighted by Crippen LogP contribution is 2.15. The number of nitrogens with zero attached hydrogens (tertiary/aromatic N) is 2. The summed E-state index contributed by atoms with van der Waals surface area (Å²) in [5, 5.41) is 3.93. The molecule has 2 rings (SSSR count). The summed E-state index contributed by atoms with van der Waals surface area (Å²) in [6, 6.07) is 10.0. The molecule has 2 unspecified atom stereocenters. The fraction of sp³-hybridized carbons (Fsp3) is 0.467. The number of hydrogen-bond acceptors (Lipinski definition) is 5. The van der Waals surface area contributed by atoms with E-state index in [2.05, 4.69) is 22.3 Å². The monoisotopic (exact) mass is 275 g/mol. The zero-order valence-electron chi connectivity index (χ0n) is 12.0. The second-order valence-corrected chi connectivity index (χ2v) is 4.93. The second kappa shape index (κ2) is 7.17. The first-order valence-corrected chi connectivity index (χ1v) is 6.84. The van der Waals surface area contributed by atoms with Crippen molar-refractivity contribution in [2.75, 3.05) is 7.11 Å². The summed E-state index contributed by atoms with van der Waals surface area (Å²) in [6.07, 6.45) is 2.38. The summed E-state index contributed by atoms with van der Waals surface area (Å²) in [5.74, 6) is 1.14. The van der Waals surface area contributed by atoms with Gasteiger partial charge in [0, 0.05) is 13.5 Å². The van der Waals surface area contributed by atoms with Crippen LogP contribution in [0.1, 0.15) is 36.7 Å². The molecule has 0 saturated heterocycles. The van der Waals surface area contributed by atoms with E-state index in [0.717, 1.165) is 12.8 Å². The Morgan fingerprint density at radius 3 is 2.75 bits per heavy atom. The van der Waals surface area contributed by atoms with Crippen molar-refractivity contribution in [1.29, 1.82) is 0 Å². The zero-order chi connectivity index (χ0) is 14.4. The Hall–Kier alpha value is -1.72. The molecule has 0 spiro atoms. The van der Waals surface area contributed by atoms with Crippen molar-refractivity contribution >= 4 is 0 Å². The van der Waals surface area contributed by atoms with Gasteiger partial charge in [0.05, 0.1) is 12.1 Å². The van der Waals surface area contributed by atoms with Crippen LogP contribution in [0.25, 0.3) is 0 Å². The number of ether oxygens (including phenoxy) is 1. The van der Waals surface area contributed by atoms with Gasteiger partial charge in [-0.15, -0.1) is 0 Å². The lowest BCUT2D eigenvalue weighted by atomic mass is 10.1. The molecule has 0 aliphatic carbocycles. The van der Waals surface area contributed by atoms with E-state index in [-0.39, 0.29) is 12.1 Å². The number of aromatic nitrogens is 2. The third-order valence-corrected chi connectivity index (χ3v) is 3.26. The molecule has 0 amide bonds. The van der Waals surface area contributed by atoms with Gasteiger partial charge in [-0.25, -0.2) is 0 Å². The molecule has 2 aromatic rings. The summed E-state index contributed by atoms with van der Waals surface area (Å²) in [5.41, 5.74) is 7.35. The van der Waals surface area contributed by atoms with Crippen LogP contribution in [0, 0.1) is 0 Å². The van der Waals surface area contributed by atoms with E-state index in [1.807, 2.05) is 25.1 Å². The Kier molecular flexibility index (Phi) is 5.26. The van der Waals surface area contributed by atoms with Crippen LogP contribution < -0.4 is 5.73 Å². The average molecular weight is 275 g/mol. The molecule has 5 heteroatoms. The van der Waals surface area contributed by atoms with Crippen LogP contribution in [0.2, 0.25) is 0 Å². The van der Waals surface area contributed by atoms with E-state index in [1.165, 1.54) is 5.56 Å². The van der Waals surface area contributed by atoms with Crippen molar-refractivity contribution in [1.82, 2.24) is 10.1 Å². The number of rotatable bonds is 7. The van der Waals surface area contributed by atoms with Crippen LogP contribution in [0.4, 0.5) is 0 Å². The third-order valence-electron chi connectivity index (χ3n) is 3.26.